The number of hydrogen-bond donors (Lipinski definition) is 0. The fourth-order valence-electron chi connectivity index (χ4n) is 1.36. The predicted octanol–water partition coefficient (Wildman–Crippen LogP) is 1.29. The molecule has 0 bridgehead atoms. The molecule has 0 spiro atoms. The van der Waals surface area contributed by atoms with E-state index < -0.39 is 0 Å². The lowest BCUT2D eigenvalue weighted by molar-refractivity contribution is 0.112. The Kier molecular flexibility index (Phi) is 2.10. The molecule has 2 rings (SSSR count). The minimum absolute atomic E-state index is 0.561. The summed E-state index contributed by atoms with van der Waals surface area (Å²) >= 11 is 0. The monoisotopic (exact) mass is 187 g/mol. The summed E-state index contributed by atoms with van der Waals surface area (Å²) in [6, 6.07) is 5.56. The van der Waals surface area contributed by atoms with E-state index in [-0.39, 0.29) is 0 Å². The summed E-state index contributed by atoms with van der Waals surface area (Å²) in [6.07, 6.45) is 4.02. The van der Waals surface area contributed by atoms with E-state index >= 15 is 0 Å². The van der Waals surface area contributed by atoms with Crippen molar-refractivity contribution >= 4 is 6.29 Å². The number of carbonyl (C=O) groups is 1. The molecule has 0 aliphatic rings. The van der Waals surface area contributed by atoms with Gasteiger partial charge < -0.3 is 0 Å². The number of carbonyl (C=O) groups excluding carboxylic acids is 1. The Labute approximate surface area is 81.2 Å². The van der Waals surface area contributed by atoms with Gasteiger partial charge in [-0.15, -0.1) is 0 Å². The highest BCUT2D eigenvalue weighted by atomic mass is 16.1. The molecule has 70 valence electrons. The minimum atomic E-state index is 0.561. The van der Waals surface area contributed by atoms with Crippen LogP contribution in [0, 0.1) is 0 Å². The lowest BCUT2D eigenvalue weighted by Gasteiger charge is -2.00. The molecule has 0 aliphatic heterocycles. The predicted molar refractivity (Wildman–Crippen MR) is 51.8 cm³/mol. The molecular formula is C10H9N3O. The smallest absolute Gasteiger partial charge is 0.153 e. The van der Waals surface area contributed by atoms with Gasteiger partial charge in [-0.3, -0.25) is 14.5 Å². The van der Waals surface area contributed by atoms with E-state index in [1.807, 2.05) is 18.2 Å². The van der Waals surface area contributed by atoms with Crippen LogP contribution in [0.5, 0.6) is 0 Å². The summed E-state index contributed by atoms with van der Waals surface area (Å²) in [5, 5.41) is 4.01. The Morgan fingerprint density at radius 2 is 2.29 bits per heavy atom. The maximum Gasteiger partial charge on any atom is 0.153 e. The van der Waals surface area contributed by atoms with Crippen molar-refractivity contribution in [3.63, 3.8) is 0 Å². The molecule has 0 amide bonds. The Bertz CT molecular complexity index is 448. The van der Waals surface area contributed by atoms with Crippen molar-refractivity contribution in [2.24, 2.45) is 7.05 Å². The molecule has 2 aromatic heterocycles. The van der Waals surface area contributed by atoms with Gasteiger partial charge in [-0.1, -0.05) is 6.07 Å². The van der Waals surface area contributed by atoms with Crippen molar-refractivity contribution in [2.45, 2.75) is 0 Å². The van der Waals surface area contributed by atoms with Gasteiger partial charge in [0.2, 0.25) is 0 Å². The first kappa shape index (κ1) is 8.62. The van der Waals surface area contributed by atoms with Crippen LogP contribution in [0.2, 0.25) is 0 Å². The Hall–Kier alpha value is -1.97. The molecule has 14 heavy (non-hydrogen) atoms. The summed E-state index contributed by atoms with van der Waals surface area (Å²) < 4.78 is 1.64. The molecule has 0 aliphatic carbocycles. The third-order valence-electron chi connectivity index (χ3n) is 2.00. The largest absolute Gasteiger partial charge is 0.298 e. The fraction of sp³-hybridized carbons (Fsp3) is 0.100. The summed E-state index contributed by atoms with van der Waals surface area (Å²) in [7, 11) is 1.79. The highest BCUT2D eigenvalue weighted by Crippen LogP contribution is 2.18. The lowest BCUT2D eigenvalue weighted by atomic mass is 10.2. The SMILES string of the molecule is Cn1ncc(C=O)c1-c1ccccn1. The lowest BCUT2D eigenvalue weighted by Crippen LogP contribution is -1.96. The molecule has 0 N–H and O–H groups in total. The summed E-state index contributed by atoms with van der Waals surface area (Å²) in [6.45, 7) is 0. The standard InChI is InChI=1S/C10H9N3O/c1-13-10(8(7-14)6-12-13)9-4-2-3-5-11-9/h2-7H,1H3. The van der Waals surface area contributed by atoms with E-state index in [1.165, 1.54) is 6.20 Å². The molecule has 0 atom stereocenters. The first-order chi connectivity index (χ1) is 6.83. The van der Waals surface area contributed by atoms with Crippen LogP contribution in [0.15, 0.2) is 30.6 Å². The van der Waals surface area contributed by atoms with Crippen molar-refractivity contribution in [1.29, 1.82) is 0 Å². The first-order valence-corrected chi connectivity index (χ1v) is 4.21. The highest BCUT2D eigenvalue weighted by Gasteiger charge is 2.10. The van der Waals surface area contributed by atoms with Crippen molar-refractivity contribution in [1.82, 2.24) is 14.8 Å². The number of aryl methyl sites for hydroxylation is 1. The Morgan fingerprint density at radius 3 is 2.93 bits per heavy atom. The topological polar surface area (TPSA) is 47.8 Å². The maximum atomic E-state index is 10.7. The third-order valence-corrected chi connectivity index (χ3v) is 2.00. The van der Waals surface area contributed by atoms with Crippen LogP contribution in [0.25, 0.3) is 11.4 Å². The second-order valence-corrected chi connectivity index (χ2v) is 2.90. The van der Waals surface area contributed by atoms with Crippen molar-refractivity contribution in [3.8, 4) is 11.4 Å². The molecule has 4 nitrogen and oxygen atoms in total. The van der Waals surface area contributed by atoms with Gasteiger partial charge in [0.05, 0.1) is 23.1 Å². The van der Waals surface area contributed by atoms with Gasteiger partial charge in [0.1, 0.15) is 0 Å². The van der Waals surface area contributed by atoms with E-state index in [9.17, 15) is 4.79 Å². The summed E-state index contributed by atoms with van der Waals surface area (Å²) in [4.78, 5) is 14.9. The van der Waals surface area contributed by atoms with Crippen LogP contribution in [0.4, 0.5) is 0 Å². The second kappa shape index (κ2) is 3.41. The molecule has 2 heterocycles. The van der Waals surface area contributed by atoms with E-state index in [1.54, 1.807) is 17.9 Å². The van der Waals surface area contributed by atoms with Crippen molar-refractivity contribution in [2.75, 3.05) is 0 Å². The van der Waals surface area contributed by atoms with Crippen LogP contribution in [0.1, 0.15) is 10.4 Å². The quantitative estimate of drug-likeness (QED) is 0.665. The molecule has 0 saturated heterocycles. The molecule has 4 heteroatoms. The number of aromatic nitrogens is 3. The number of rotatable bonds is 2. The van der Waals surface area contributed by atoms with Gasteiger partial charge in [-0.2, -0.15) is 5.10 Å². The molecule has 0 unspecified atom stereocenters. The van der Waals surface area contributed by atoms with Crippen molar-refractivity contribution in [3.05, 3.63) is 36.2 Å². The van der Waals surface area contributed by atoms with E-state index in [4.69, 9.17) is 0 Å². The fourth-order valence-corrected chi connectivity index (χ4v) is 1.36. The van der Waals surface area contributed by atoms with E-state index in [0.29, 0.717) is 5.56 Å². The third kappa shape index (κ3) is 1.31. The average Bonchev–Trinajstić information content (AvgIpc) is 2.61. The number of pyridine rings is 1. The zero-order valence-corrected chi connectivity index (χ0v) is 7.71. The zero-order valence-electron chi connectivity index (χ0n) is 7.71. The zero-order chi connectivity index (χ0) is 9.97. The van der Waals surface area contributed by atoms with Crippen LogP contribution in [-0.2, 0) is 7.05 Å². The molecule has 2 aromatic rings. The van der Waals surface area contributed by atoms with E-state index in [2.05, 4.69) is 10.1 Å². The summed E-state index contributed by atoms with van der Waals surface area (Å²) in [5.74, 6) is 0. The molecule has 0 fully saturated rings. The van der Waals surface area contributed by atoms with E-state index in [0.717, 1.165) is 17.7 Å². The summed E-state index contributed by atoms with van der Waals surface area (Å²) in [5.41, 5.74) is 2.07. The molecule has 0 radical (unpaired) electrons. The van der Waals surface area contributed by atoms with Gasteiger partial charge >= 0.3 is 0 Å². The Balaban J connectivity index is 2.61. The maximum absolute atomic E-state index is 10.7. The minimum Gasteiger partial charge on any atom is -0.298 e. The van der Waals surface area contributed by atoms with Gasteiger partial charge in [0.25, 0.3) is 0 Å². The van der Waals surface area contributed by atoms with Gasteiger partial charge in [0.15, 0.2) is 6.29 Å². The first-order valence-electron chi connectivity index (χ1n) is 4.21. The van der Waals surface area contributed by atoms with Gasteiger partial charge in [0, 0.05) is 13.2 Å². The van der Waals surface area contributed by atoms with Crippen LogP contribution in [-0.4, -0.2) is 21.1 Å². The molecule has 0 saturated carbocycles. The van der Waals surface area contributed by atoms with Crippen LogP contribution >= 0.6 is 0 Å². The molecule has 0 aromatic carbocycles. The average molecular weight is 187 g/mol. The highest BCUT2D eigenvalue weighted by molar-refractivity contribution is 5.84. The van der Waals surface area contributed by atoms with Crippen LogP contribution in [0.3, 0.4) is 0 Å². The van der Waals surface area contributed by atoms with Crippen LogP contribution < -0.4 is 0 Å². The van der Waals surface area contributed by atoms with Gasteiger partial charge in [-0.25, -0.2) is 0 Å². The number of hydrogen-bond acceptors (Lipinski definition) is 3. The Morgan fingerprint density at radius 1 is 1.43 bits per heavy atom. The number of nitrogens with zero attached hydrogens (tertiary/aromatic N) is 3. The number of aldehydes is 1. The van der Waals surface area contributed by atoms with Gasteiger partial charge in [-0.05, 0) is 12.1 Å². The molecular weight excluding hydrogens is 178 g/mol. The normalized spacial score (nSPS) is 10.1. The van der Waals surface area contributed by atoms with Crippen molar-refractivity contribution < 1.29 is 4.79 Å². The second-order valence-electron chi connectivity index (χ2n) is 2.90.